The molecule has 0 unspecified atom stereocenters. The Labute approximate surface area is 145 Å². The molecular formula is C19H19N3O3. The second-order valence-corrected chi connectivity index (χ2v) is 5.83. The number of benzene rings is 1. The van der Waals surface area contributed by atoms with Crippen LogP contribution in [-0.2, 0) is 17.9 Å². The molecule has 1 aromatic carbocycles. The third kappa shape index (κ3) is 3.85. The van der Waals surface area contributed by atoms with E-state index in [2.05, 4.69) is 5.10 Å². The molecule has 3 rings (SSSR count). The zero-order valence-corrected chi connectivity index (χ0v) is 14.2. The van der Waals surface area contributed by atoms with Gasteiger partial charge in [-0.3, -0.25) is 9.59 Å². The van der Waals surface area contributed by atoms with Gasteiger partial charge in [0, 0.05) is 30.8 Å². The average Bonchev–Trinajstić information content (AvgIpc) is 3.02. The van der Waals surface area contributed by atoms with Gasteiger partial charge in [0.25, 0.3) is 5.56 Å². The first kappa shape index (κ1) is 16.7. The van der Waals surface area contributed by atoms with Gasteiger partial charge >= 0.3 is 0 Å². The first-order valence-corrected chi connectivity index (χ1v) is 7.95. The molecule has 0 aliphatic rings. The summed E-state index contributed by atoms with van der Waals surface area (Å²) in [5, 5.41) is 4.32. The fraction of sp³-hybridized carbons (Fsp3) is 0.211. The van der Waals surface area contributed by atoms with Gasteiger partial charge in [-0.25, -0.2) is 4.68 Å². The minimum absolute atomic E-state index is 0.104. The average molecular weight is 337 g/mol. The molecule has 0 saturated heterocycles. The highest BCUT2D eigenvalue weighted by molar-refractivity contribution is 5.75. The van der Waals surface area contributed by atoms with Gasteiger partial charge in [0.1, 0.15) is 12.3 Å². The third-order valence-corrected chi connectivity index (χ3v) is 4.02. The summed E-state index contributed by atoms with van der Waals surface area (Å²) in [6.07, 6.45) is 1.60. The van der Waals surface area contributed by atoms with Crippen LogP contribution in [0.1, 0.15) is 11.3 Å². The number of rotatable bonds is 5. The van der Waals surface area contributed by atoms with Crippen LogP contribution in [-0.4, -0.2) is 27.6 Å². The van der Waals surface area contributed by atoms with Gasteiger partial charge in [0.15, 0.2) is 0 Å². The number of hydrogen-bond donors (Lipinski definition) is 0. The van der Waals surface area contributed by atoms with Crippen molar-refractivity contribution in [1.82, 2.24) is 14.7 Å². The van der Waals surface area contributed by atoms with Crippen LogP contribution in [0.2, 0.25) is 0 Å². The molecule has 2 aromatic heterocycles. The molecule has 0 aliphatic heterocycles. The maximum atomic E-state index is 12.4. The Balaban J connectivity index is 1.77. The largest absolute Gasteiger partial charge is 0.469 e. The molecule has 0 aliphatic carbocycles. The van der Waals surface area contributed by atoms with E-state index in [9.17, 15) is 9.59 Å². The lowest BCUT2D eigenvalue weighted by atomic mass is 10.1. The van der Waals surface area contributed by atoms with Crippen molar-refractivity contribution in [2.75, 3.05) is 7.05 Å². The van der Waals surface area contributed by atoms with E-state index in [1.54, 1.807) is 24.3 Å². The zero-order valence-electron chi connectivity index (χ0n) is 14.2. The van der Waals surface area contributed by atoms with E-state index in [-0.39, 0.29) is 18.0 Å². The standard InChI is InChI=1S/C19H19N3O3/c1-14-16(10-11-25-14)12-21(2)19(24)13-22-18(23)9-8-17(20-22)15-6-4-3-5-7-15/h3-11H,12-13H2,1-2H3. The summed E-state index contributed by atoms with van der Waals surface area (Å²) in [4.78, 5) is 26.0. The van der Waals surface area contributed by atoms with Crippen molar-refractivity contribution in [3.05, 3.63) is 76.5 Å². The van der Waals surface area contributed by atoms with E-state index in [1.165, 1.54) is 10.7 Å². The van der Waals surface area contributed by atoms with Crippen LogP contribution in [0, 0.1) is 6.92 Å². The van der Waals surface area contributed by atoms with Crippen LogP contribution in [0.25, 0.3) is 11.3 Å². The van der Waals surface area contributed by atoms with Crippen molar-refractivity contribution in [1.29, 1.82) is 0 Å². The van der Waals surface area contributed by atoms with Crippen molar-refractivity contribution in [2.24, 2.45) is 0 Å². The number of carbonyl (C=O) groups excluding carboxylic acids is 1. The van der Waals surface area contributed by atoms with Crippen LogP contribution in [0.4, 0.5) is 0 Å². The van der Waals surface area contributed by atoms with Crippen molar-refractivity contribution in [3.63, 3.8) is 0 Å². The summed E-state index contributed by atoms with van der Waals surface area (Å²) in [5.74, 6) is 0.585. The van der Waals surface area contributed by atoms with Crippen LogP contribution < -0.4 is 5.56 Å². The Morgan fingerprint density at radius 1 is 1.16 bits per heavy atom. The molecule has 0 saturated carbocycles. The Morgan fingerprint density at radius 3 is 2.60 bits per heavy atom. The topological polar surface area (TPSA) is 68.3 Å². The molecule has 6 heteroatoms. The summed E-state index contributed by atoms with van der Waals surface area (Å²) in [6, 6.07) is 14.5. The first-order valence-electron chi connectivity index (χ1n) is 7.95. The van der Waals surface area contributed by atoms with E-state index < -0.39 is 0 Å². The molecule has 0 bridgehead atoms. The summed E-state index contributed by atoms with van der Waals surface area (Å²) < 4.78 is 6.44. The number of amides is 1. The van der Waals surface area contributed by atoms with Gasteiger partial charge in [-0.1, -0.05) is 30.3 Å². The van der Waals surface area contributed by atoms with Crippen LogP contribution >= 0.6 is 0 Å². The predicted molar refractivity (Wildman–Crippen MR) is 93.9 cm³/mol. The number of aromatic nitrogens is 2. The van der Waals surface area contributed by atoms with E-state index in [0.717, 1.165) is 16.9 Å². The number of carbonyl (C=O) groups is 1. The summed E-state index contributed by atoms with van der Waals surface area (Å²) in [5.41, 5.74) is 2.18. The normalized spacial score (nSPS) is 10.6. The number of nitrogens with zero attached hydrogens (tertiary/aromatic N) is 3. The molecule has 1 amide bonds. The molecule has 2 heterocycles. The lowest BCUT2D eigenvalue weighted by Crippen LogP contribution is -2.34. The summed E-state index contributed by atoms with van der Waals surface area (Å²) >= 11 is 0. The van der Waals surface area contributed by atoms with E-state index >= 15 is 0 Å². The van der Waals surface area contributed by atoms with Crippen molar-refractivity contribution >= 4 is 5.91 Å². The summed E-state index contributed by atoms with van der Waals surface area (Å²) in [6.45, 7) is 2.17. The smallest absolute Gasteiger partial charge is 0.267 e. The predicted octanol–water partition coefficient (Wildman–Crippen LogP) is 2.47. The molecule has 128 valence electrons. The molecule has 0 atom stereocenters. The van der Waals surface area contributed by atoms with Gasteiger partial charge in [-0.15, -0.1) is 0 Å². The maximum absolute atomic E-state index is 12.4. The lowest BCUT2D eigenvalue weighted by molar-refractivity contribution is -0.131. The Kier molecular flexibility index (Phi) is 4.79. The van der Waals surface area contributed by atoms with E-state index in [0.29, 0.717) is 12.2 Å². The Hall–Kier alpha value is -3.15. The second kappa shape index (κ2) is 7.17. The van der Waals surface area contributed by atoms with Crippen molar-refractivity contribution in [3.8, 4) is 11.3 Å². The fourth-order valence-corrected chi connectivity index (χ4v) is 2.49. The number of likely N-dealkylation sites (N-methyl/N-ethyl adjacent to an activating group) is 1. The second-order valence-electron chi connectivity index (χ2n) is 5.83. The lowest BCUT2D eigenvalue weighted by Gasteiger charge is -2.17. The SMILES string of the molecule is Cc1occc1CN(C)C(=O)Cn1nc(-c2ccccc2)ccc1=O. The van der Waals surface area contributed by atoms with Gasteiger partial charge in [0.05, 0.1) is 12.0 Å². The van der Waals surface area contributed by atoms with Crippen molar-refractivity contribution < 1.29 is 9.21 Å². The first-order chi connectivity index (χ1) is 12.0. The molecule has 0 fully saturated rings. The third-order valence-electron chi connectivity index (χ3n) is 4.02. The highest BCUT2D eigenvalue weighted by Crippen LogP contribution is 2.14. The zero-order chi connectivity index (χ0) is 17.8. The maximum Gasteiger partial charge on any atom is 0.267 e. The highest BCUT2D eigenvalue weighted by Gasteiger charge is 2.14. The molecule has 6 nitrogen and oxygen atoms in total. The van der Waals surface area contributed by atoms with Crippen LogP contribution in [0.3, 0.4) is 0 Å². The Bertz CT molecular complexity index is 928. The monoisotopic (exact) mass is 337 g/mol. The van der Waals surface area contributed by atoms with E-state index in [4.69, 9.17) is 4.42 Å². The van der Waals surface area contributed by atoms with Gasteiger partial charge in [-0.05, 0) is 19.1 Å². The summed E-state index contributed by atoms with van der Waals surface area (Å²) in [7, 11) is 1.70. The highest BCUT2D eigenvalue weighted by atomic mass is 16.3. The number of hydrogen-bond acceptors (Lipinski definition) is 4. The van der Waals surface area contributed by atoms with Gasteiger partial charge in [-0.2, -0.15) is 5.10 Å². The molecule has 0 N–H and O–H groups in total. The fourth-order valence-electron chi connectivity index (χ4n) is 2.49. The number of furan rings is 1. The van der Waals surface area contributed by atoms with Crippen molar-refractivity contribution in [2.45, 2.75) is 20.0 Å². The van der Waals surface area contributed by atoms with Gasteiger partial charge < -0.3 is 9.32 Å². The molecule has 3 aromatic rings. The van der Waals surface area contributed by atoms with Crippen LogP contribution in [0.5, 0.6) is 0 Å². The molecular weight excluding hydrogens is 318 g/mol. The van der Waals surface area contributed by atoms with E-state index in [1.807, 2.05) is 43.3 Å². The Morgan fingerprint density at radius 2 is 1.92 bits per heavy atom. The number of aryl methyl sites for hydroxylation is 1. The molecule has 0 spiro atoms. The molecule has 25 heavy (non-hydrogen) atoms. The molecule has 0 radical (unpaired) electrons. The minimum atomic E-state index is -0.305. The minimum Gasteiger partial charge on any atom is -0.469 e. The van der Waals surface area contributed by atoms with Gasteiger partial charge in [0.2, 0.25) is 5.91 Å². The quantitative estimate of drug-likeness (QED) is 0.717. The van der Waals surface area contributed by atoms with Crippen LogP contribution in [0.15, 0.2) is 64.0 Å².